The smallest absolute Gasteiger partial charge is 0.213 e. The first kappa shape index (κ1) is 19.8. The van der Waals surface area contributed by atoms with Gasteiger partial charge in [-0.15, -0.1) is 0 Å². The standard InChI is InChI=1S/C24H30N2O4/c1-2-19(17-22(3-1)28-15-12-26-10-13-27-14-11-26)20-4-5-23-21(16-20)18-29-24(30-23)6-8-25-9-7-24/h1-5,16-17,25H,6-15,18H2. The van der Waals surface area contributed by atoms with Gasteiger partial charge in [0, 0.05) is 51.1 Å². The molecule has 6 nitrogen and oxygen atoms in total. The second-order valence-electron chi connectivity index (χ2n) is 8.20. The minimum atomic E-state index is -0.450. The van der Waals surface area contributed by atoms with Crippen molar-refractivity contribution in [1.82, 2.24) is 10.2 Å². The van der Waals surface area contributed by atoms with Gasteiger partial charge in [0.05, 0.1) is 19.8 Å². The molecule has 3 aliphatic heterocycles. The molecule has 0 aliphatic carbocycles. The van der Waals surface area contributed by atoms with E-state index in [-0.39, 0.29) is 0 Å². The summed E-state index contributed by atoms with van der Waals surface area (Å²) in [5, 5.41) is 3.37. The van der Waals surface area contributed by atoms with E-state index in [2.05, 4.69) is 46.6 Å². The Morgan fingerprint density at radius 3 is 2.70 bits per heavy atom. The summed E-state index contributed by atoms with van der Waals surface area (Å²) in [7, 11) is 0. The minimum Gasteiger partial charge on any atom is -0.492 e. The average Bonchev–Trinajstić information content (AvgIpc) is 2.80. The monoisotopic (exact) mass is 410 g/mol. The van der Waals surface area contributed by atoms with E-state index in [1.807, 2.05) is 6.07 Å². The molecule has 0 radical (unpaired) electrons. The Hall–Kier alpha value is -2.12. The molecule has 2 saturated heterocycles. The molecule has 1 N–H and O–H groups in total. The predicted molar refractivity (Wildman–Crippen MR) is 115 cm³/mol. The van der Waals surface area contributed by atoms with E-state index in [0.717, 1.165) is 87.0 Å². The maximum absolute atomic E-state index is 6.29. The highest BCUT2D eigenvalue weighted by Crippen LogP contribution is 2.38. The SMILES string of the molecule is c1cc(OCCN2CCOCC2)cc(-c2ccc3c(c2)COC2(CCNCC2)O3)c1. The van der Waals surface area contributed by atoms with Gasteiger partial charge in [-0.25, -0.2) is 0 Å². The fourth-order valence-electron chi connectivity index (χ4n) is 4.35. The summed E-state index contributed by atoms with van der Waals surface area (Å²) >= 11 is 0. The topological polar surface area (TPSA) is 52.2 Å². The van der Waals surface area contributed by atoms with Crippen molar-refractivity contribution in [3.05, 3.63) is 48.0 Å². The summed E-state index contributed by atoms with van der Waals surface area (Å²) in [6.07, 6.45) is 1.77. The van der Waals surface area contributed by atoms with Gasteiger partial charge in [-0.2, -0.15) is 0 Å². The zero-order valence-electron chi connectivity index (χ0n) is 17.4. The van der Waals surface area contributed by atoms with Gasteiger partial charge >= 0.3 is 0 Å². The van der Waals surface area contributed by atoms with Gasteiger partial charge in [-0.1, -0.05) is 18.2 Å². The summed E-state index contributed by atoms with van der Waals surface area (Å²) < 4.78 is 23.9. The van der Waals surface area contributed by atoms with E-state index in [4.69, 9.17) is 18.9 Å². The normalized spacial score (nSPS) is 21.1. The number of piperidine rings is 1. The maximum atomic E-state index is 6.29. The van der Waals surface area contributed by atoms with Crippen LogP contribution in [0.15, 0.2) is 42.5 Å². The van der Waals surface area contributed by atoms with Crippen LogP contribution in [0.2, 0.25) is 0 Å². The lowest BCUT2D eigenvalue weighted by atomic mass is 9.99. The van der Waals surface area contributed by atoms with E-state index in [1.165, 1.54) is 0 Å². The van der Waals surface area contributed by atoms with Crippen molar-refractivity contribution in [1.29, 1.82) is 0 Å². The Labute approximate surface area is 178 Å². The fraction of sp³-hybridized carbons (Fsp3) is 0.500. The predicted octanol–water partition coefficient (Wildman–Crippen LogP) is 3.05. The van der Waals surface area contributed by atoms with Gasteiger partial charge in [-0.05, 0) is 35.4 Å². The van der Waals surface area contributed by atoms with Crippen LogP contribution in [0.5, 0.6) is 11.5 Å². The Kier molecular flexibility index (Phi) is 5.91. The lowest BCUT2D eigenvalue weighted by Crippen LogP contribution is -2.49. The number of rotatable bonds is 5. The van der Waals surface area contributed by atoms with Crippen molar-refractivity contribution in [3.8, 4) is 22.6 Å². The number of fused-ring (bicyclic) bond motifs is 1. The molecule has 0 aromatic heterocycles. The van der Waals surface area contributed by atoms with Crippen molar-refractivity contribution >= 4 is 0 Å². The second-order valence-corrected chi connectivity index (χ2v) is 8.20. The molecule has 0 atom stereocenters. The molecule has 0 saturated carbocycles. The second kappa shape index (κ2) is 8.94. The lowest BCUT2D eigenvalue weighted by Gasteiger charge is -2.41. The third kappa shape index (κ3) is 4.47. The van der Waals surface area contributed by atoms with Gasteiger partial charge < -0.3 is 24.3 Å². The van der Waals surface area contributed by atoms with Crippen LogP contribution in [0.4, 0.5) is 0 Å². The molecule has 2 aromatic rings. The van der Waals surface area contributed by atoms with Gasteiger partial charge in [0.25, 0.3) is 0 Å². The van der Waals surface area contributed by atoms with Crippen LogP contribution in [0, 0.1) is 0 Å². The quantitative estimate of drug-likeness (QED) is 0.818. The molecule has 2 aromatic carbocycles. The molecule has 3 aliphatic rings. The van der Waals surface area contributed by atoms with E-state index < -0.39 is 5.79 Å². The number of benzene rings is 2. The Balaban J connectivity index is 1.24. The number of ether oxygens (including phenoxy) is 4. The molecule has 160 valence electrons. The lowest BCUT2D eigenvalue weighted by molar-refractivity contribution is -0.218. The average molecular weight is 411 g/mol. The molecule has 0 amide bonds. The molecule has 5 rings (SSSR count). The van der Waals surface area contributed by atoms with Crippen LogP contribution in [0.1, 0.15) is 18.4 Å². The summed E-state index contributed by atoms with van der Waals surface area (Å²) in [6, 6.07) is 14.7. The zero-order valence-corrected chi connectivity index (χ0v) is 17.4. The third-order valence-corrected chi connectivity index (χ3v) is 6.16. The highest BCUT2D eigenvalue weighted by Gasteiger charge is 2.38. The first-order valence-corrected chi connectivity index (χ1v) is 11.0. The highest BCUT2D eigenvalue weighted by molar-refractivity contribution is 5.67. The van der Waals surface area contributed by atoms with E-state index in [9.17, 15) is 0 Å². The van der Waals surface area contributed by atoms with Gasteiger partial charge in [0.2, 0.25) is 5.79 Å². The van der Waals surface area contributed by atoms with E-state index >= 15 is 0 Å². The summed E-state index contributed by atoms with van der Waals surface area (Å²) in [4.78, 5) is 2.38. The van der Waals surface area contributed by atoms with Crippen LogP contribution < -0.4 is 14.8 Å². The summed E-state index contributed by atoms with van der Waals surface area (Å²) in [6.45, 7) is 7.69. The highest BCUT2D eigenvalue weighted by atomic mass is 16.7. The molecule has 1 spiro atoms. The number of morpholine rings is 1. The molecule has 2 fully saturated rings. The molecule has 6 heteroatoms. The number of nitrogens with zero attached hydrogens (tertiary/aromatic N) is 1. The first-order valence-electron chi connectivity index (χ1n) is 11.0. The van der Waals surface area contributed by atoms with Gasteiger partial charge in [0.1, 0.15) is 18.1 Å². The molecular formula is C24H30N2O4. The van der Waals surface area contributed by atoms with Crippen LogP contribution in [-0.2, 0) is 16.1 Å². The Morgan fingerprint density at radius 2 is 1.83 bits per heavy atom. The summed E-state index contributed by atoms with van der Waals surface area (Å²) in [5.74, 6) is 1.40. The van der Waals surface area contributed by atoms with E-state index in [1.54, 1.807) is 0 Å². The number of hydrogen-bond donors (Lipinski definition) is 1. The minimum absolute atomic E-state index is 0.450. The van der Waals surface area contributed by atoms with Gasteiger partial charge in [0.15, 0.2) is 0 Å². The van der Waals surface area contributed by atoms with Crippen molar-refractivity contribution in [3.63, 3.8) is 0 Å². The zero-order chi connectivity index (χ0) is 20.2. The fourth-order valence-corrected chi connectivity index (χ4v) is 4.35. The van der Waals surface area contributed by atoms with Crippen molar-refractivity contribution in [2.45, 2.75) is 25.2 Å². The van der Waals surface area contributed by atoms with Crippen LogP contribution >= 0.6 is 0 Å². The largest absolute Gasteiger partial charge is 0.492 e. The van der Waals surface area contributed by atoms with Crippen molar-refractivity contribution < 1.29 is 18.9 Å². The molecule has 0 bridgehead atoms. The summed E-state index contributed by atoms with van der Waals surface area (Å²) in [5.41, 5.74) is 3.40. The molecular weight excluding hydrogens is 380 g/mol. The first-order chi connectivity index (χ1) is 14.8. The molecule has 30 heavy (non-hydrogen) atoms. The van der Waals surface area contributed by atoms with Crippen molar-refractivity contribution in [2.75, 3.05) is 52.5 Å². The maximum Gasteiger partial charge on any atom is 0.213 e. The van der Waals surface area contributed by atoms with Crippen LogP contribution in [-0.4, -0.2) is 63.2 Å². The van der Waals surface area contributed by atoms with Crippen LogP contribution in [0.25, 0.3) is 11.1 Å². The Morgan fingerprint density at radius 1 is 1.00 bits per heavy atom. The third-order valence-electron chi connectivity index (χ3n) is 6.16. The molecule has 0 unspecified atom stereocenters. The van der Waals surface area contributed by atoms with Gasteiger partial charge in [-0.3, -0.25) is 4.90 Å². The number of hydrogen-bond acceptors (Lipinski definition) is 6. The number of nitrogens with one attached hydrogen (secondary N) is 1. The van der Waals surface area contributed by atoms with Crippen molar-refractivity contribution in [2.24, 2.45) is 0 Å². The van der Waals surface area contributed by atoms with E-state index in [0.29, 0.717) is 13.2 Å². The van der Waals surface area contributed by atoms with Crippen LogP contribution in [0.3, 0.4) is 0 Å². The Bertz CT molecular complexity index is 860. The molecule has 3 heterocycles.